The van der Waals surface area contributed by atoms with E-state index >= 15 is 0 Å². The number of ether oxygens (including phenoxy) is 1. The van der Waals surface area contributed by atoms with Crippen molar-refractivity contribution in [3.63, 3.8) is 0 Å². The summed E-state index contributed by atoms with van der Waals surface area (Å²) in [6.45, 7) is 1.61. The second-order valence-electron chi connectivity index (χ2n) is 7.94. The summed E-state index contributed by atoms with van der Waals surface area (Å²) in [5, 5.41) is 11.7. The van der Waals surface area contributed by atoms with Gasteiger partial charge in [-0.25, -0.2) is 9.78 Å². The van der Waals surface area contributed by atoms with Crippen molar-refractivity contribution in [3.8, 4) is 11.4 Å². The first-order valence-corrected chi connectivity index (χ1v) is 9.25. The molecule has 0 radical (unpaired) electrons. The van der Waals surface area contributed by atoms with E-state index in [9.17, 15) is 14.7 Å². The van der Waals surface area contributed by atoms with Gasteiger partial charge in [0.05, 0.1) is 29.0 Å². The maximum atomic E-state index is 13.2. The summed E-state index contributed by atoms with van der Waals surface area (Å²) in [7, 11) is 0. The molecule has 0 unspecified atom stereocenters. The first-order chi connectivity index (χ1) is 13.4. The third-order valence-corrected chi connectivity index (χ3v) is 6.28. The number of benzene rings is 1. The van der Waals surface area contributed by atoms with Gasteiger partial charge in [-0.05, 0) is 36.6 Å². The van der Waals surface area contributed by atoms with E-state index in [1.54, 1.807) is 10.6 Å². The minimum atomic E-state index is -1.86. The van der Waals surface area contributed by atoms with Gasteiger partial charge in [-0.1, -0.05) is 12.1 Å². The van der Waals surface area contributed by atoms with Crippen LogP contribution >= 0.6 is 0 Å². The van der Waals surface area contributed by atoms with E-state index < -0.39 is 11.6 Å². The van der Waals surface area contributed by atoms with Crippen molar-refractivity contribution < 1.29 is 14.6 Å². The highest BCUT2D eigenvalue weighted by atomic mass is 16.6. The summed E-state index contributed by atoms with van der Waals surface area (Å²) >= 11 is 0. The van der Waals surface area contributed by atoms with Crippen molar-refractivity contribution >= 4 is 16.9 Å². The normalized spacial score (nSPS) is 24.1. The van der Waals surface area contributed by atoms with E-state index in [4.69, 9.17) is 15.5 Å². The summed E-state index contributed by atoms with van der Waals surface area (Å²) in [6, 6.07) is 7.56. The van der Waals surface area contributed by atoms with Gasteiger partial charge in [0.1, 0.15) is 6.61 Å². The Morgan fingerprint density at radius 2 is 2.14 bits per heavy atom. The van der Waals surface area contributed by atoms with Gasteiger partial charge in [-0.3, -0.25) is 4.79 Å². The number of hydrogen-bond acceptors (Lipinski definition) is 6. The molecular weight excluding hydrogens is 358 g/mol. The highest BCUT2D eigenvalue weighted by molar-refractivity contribution is 5.93. The Morgan fingerprint density at radius 3 is 2.96 bits per heavy atom. The highest BCUT2D eigenvalue weighted by Crippen LogP contribution is 2.44. The zero-order valence-electron chi connectivity index (χ0n) is 15.2. The fourth-order valence-electron chi connectivity index (χ4n) is 4.91. The van der Waals surface area contributed by atoms with Gasteiger partial charge in [0, 0.05) is 22.6 Å². The average molecular weight is 375 g/mol. The van der Waals surface area contributed by atoms with E-state index in [-0.39, 0.29) is 18.2 Å². The van der Waals surface area contributed by atoms with Crippen LogP contribution < -0.4 is 11.3 Å². The lowest BCUT2D eigenvalue weighted by molar-refractivity contribution is -0.169. The van der Waals surface area contributed by atoms with Crippen LogP contribution in [0.3, 0.4) is 0 Å². The van der Waals surface area contributed by atoms with Crippen LogP contribution in [0.25, 0.3) is 22.3 Å². The third kappa shape index (κ3) is 1.73. The predicted octanol–water partition coefficient (Wildman–Crippen LogP) is 1.25. The fraction of sp³-hybridized carbons (Fsp3) is 0.286. The van der Waals surface area contributed by atoms with Crippen LogP contribution in [0.5, 0.6) is 0 Å². The number of esters is 1. The predicted molar refractivity (Wildman–Crippen MR) is 101 cm³/mol. The lowest BCUT2D eigenvalue weighted by atomic mass is 9.89. The van der Waals surface area contributed by atoms with Crippen molar-refractivity contribution in [3.05, 3.63) is 62.4 Å². The Hall–Kier alpha value is -3.03. The molecule has 140 valence electrons. The van der Waals surface area contributed by atoms with Gasteiger partial charge >= 0.3 is 5.97 Å². The van der Waals surface area contributed by atoms with Crippen LogP contribution in [0.4, 0.5) is 0 Å². The van der Waals surface area contributed by atoms with E-state index in [0.717, 1.165) is 28.5 Å². The van der Waals surface area contributed by atoms with Gasteiger partial charge in [-0.2, -0.15) is 0 Å². The number of carbonyl (C=O) groups is 1. The Kier molecular flexibility index (Phi) is 2.78. The number of fused-ring (bicyclic) bond motifs is 5. The van der Waals surface area contributed by atoms with Gasteiger partial charge in [0.2, 0.25) is 0 Å². The summed E-state index contributed by atoms with van der Waals surface area (Å²) < 4.78 is 6.68. The second kappa shape index (κ2) is 4.87. The van der Waals surface area contributed by atoms with Crippen LogP contribution in [-0.4, -0.2) is 20.6 Å². The molecule has 2 aliphatic heterocycles. The van der Waals surface area contributed by atoms with E-state index in [1.165, 1.54) is 12.5 Å². The first-order valence-electron chi connectivity index (χ1n) is 9.25. The minimum absolute atomic E-state index is 0.133. The number of aromatic nitrogens is 2. The maximum Gasteiger partial charge on any atom is 0.342 e. The number of aliphatic hydroxyl groups is 1. The van der Waals surface area contributed by atoms with Crippen LogP contribution in [0.15, 0.2) is 29.1 Å². The lowest BCUT2D eigenvalue weighted by Gasteiger charge is -2.29. The molecule has 28 heavy (non-hydrogen) atoms. The van der Waals surface area contributed by atoms with Crippen LogP contribution in [0.2, 0.25) is 0 Å². The zero-order chi connectivity index (χ0) is 19.4. The molecule has 4 heterocycles. The van der Waals surface area contributed by atoms with Gasteiger partial charge in [0.25, 0.3) is 5.56 Å². The molecule has 6 rings (SSSR count). The van der Waals surface area contributed by atoms with Gasteiger partial charge < -0.3 is 20.1 Å². The van der Waals surface area contributed by atoms with Crippen molar-refractivity contribution in [2.45, 2.75) is 38.1 Å². The number of nitrogens with zero attached hydrogens (tertiary/aromatic N) is 2. The maximum absolute atomic E-state index is 13.2. The third-order valence-electron chi connectivity index (χ3n) is 6.28. The average Bonchev–Trinajstić information content (AvgIpc) is 3.19. The Bertz CT molecular complexity index is 1310. The molecule has 3 aromatic rings. The topological polar surface area (TPSA) is 107 Å². The number of carbonyl (C=O) groups excluding carboxylic acids is 1. The van der Waals surface area contributed by atoms with Crippen LogP contribution in [-0.2, 0) is 34.7 Å². The molecule has 2 aromatic heterocycles. The van der Waals surface area contributed by atoms with Crippen molar-refractivity contribution in [2.24, 2.45) is 5.73 Å². The minimum Gasteiger partial charge on any atom is -0.458 e. The van der Waals surface area contributed by atoms with Crippen molar-refractivity contribution in [2.75, 3.05) is 0 Å². The van der Waals surface area contributed by atoms with E-state index in [0.29, 0.717) is 29.1 Å². The summed E-state index contributed by atoms with van der Waals surface area (Å²) in [5.41, 5.74) is 10.3. The SMILES string of the molecule is C[C@@]1(O)C(=O)OCc2c1cc1n(c2=O)Cc2c-1nc1cccc3c1c2[C@@H](N)C3. The number of cyclic esters (lactones) is 1. The Morgan fingerprint density at radius 1 is 1.32 bits per heavy atom. The highest BCUT2D eigenvalue weighted by Gasteiger charge is 2.43. The molecule has 7 heteroatoms. The molecule has 0 spiro atoms. The van der Waals surface area contributed by atoms with Crippen molar-refractivity contribution in [1.29, 1.82) is 0 Å². The fourth-order valence-corrected chi connectivity index (χ4v) is 4.91. The van der Waals surface area contributed by atoms with E-state index in [1.807, 2.05) is 12.1 Å². The standard InChI is InChI=1S/C21H17N3O4/c1-21(27)12-6-15-18-10(7-24(15)19(25)11(12)8-28-20(21)26)17-13(22)5-9-3-2-4-14(23-18)16(9)17/h2-4,6,13,27H,5,7-8,22H2,1H3/t13-,21-/m0/s1. The molecule has 0 saturated heterocycles. The second-order valence-corrected chi connectivity index (χ2v) is 7.94. The summed E-state index contributed by atoms with van der Waals surface area (Å²) in [5.74, 6) is -0.751. The smallest absolute Gasteiger partial charge is 0.342 e. The molecule has 1 aromatic carbocycles. The molecule has 3 N–H and O–H groups in total. The monoisotopic (exact) mass is 375 g/mol. The van der Waals surface area contributed by atoms with E-state index in [2.05, 4.69) is 6.07 Å². The number of rotatable bonds is 0. The van der Waals surface area contributed by atoms with Gasteiger partial charge in [0.15, 0.2) is 5.60 Å². The molecule has 0 fully saturated rings. The molecular formula is C21H17N3O4. The Labute approximate surface area is 159 Å². The summed E-state index contributed by atoms with van der Waals surface area (Å²) in [4.78, 5) is 30.0. The first kappa shape index (κ1) is 16.0. The molecule has 0 amide bonds. The molecule has 7 nitrogen and oxygen atoms in total. The summed E-state index contributed by atoms with van der Waals surface area (Å²) in [6.07, 6.45) is 0.754. The largest absolute Gasteiger partial charge is 0.458 e. The van der Waals surface area contributed by atoms with Crippen molar-refractivity contribution in [1.82, 2.24) is 9.55 Å². The molecule has 2 atom stereocenters. The number of nitrogens with two attached hydrogens (primary N) is 1. The molecule has 1 aliphatic carbocycles. The Balaban J connectivity index is 1.70. The molecule has 0 bridgehead atoms. The number of hydrogen-bond donors (Lipinski definition) is 2. The number of pyridine rings is 2. The van der Waals surface area contributed by atoms with Gasteiger partial charge in [-0.15, -0.1) is 0 Å². The lowest BCUT2D eigenvalue weighted by Crippen LogP contribution is -2.42. The van der Waals surface area contributed by atoms with Crippen LogP contribution in [0, 0.1) is 0 Å². The molecule has 0 saturated carbocycles. The molecule has 3 aliphatic rings. The quantitative estimate of drug-likeness (QED) is 0.448. The zero-order valence-corrected chi connectivity index (χ0v) is 15.2. The van der Waals surface area contributed by atoms with Crippen LogP contribution in [0.1, 0.15) is 40.8 Å².